The molecule has 3 aromatic rings. The Morgan fingerprint density at radius 2 is 1.51 bits per heavy atom. The van der Waals surface area contributed by atoms with Crippen molar-refractivity contribution in [1.82, 2.24) is 10.2 Å². The van der Waals surface area contributed by atoms with Gasteiger partial charge in [-0.3, -0.25) is 9.59 Å². The number of phenols is 1. The van der Waals surface area contributed by atoms with Gasteiger partial charge < -0.3 is 25.4 Å². The molecule has 0 spiro atoms. The van der Waals surface area contributed by atoms with Crippen LogP contribution in [0.25, 0.3) is 0 Å². The van der Waals surface area contributed by atoms with Crippen molar-refractivity contribution in [2.75, 3.05) is 5.32 Å². The Morgan fingerprint density at radius 1 is 0.867 bits per heavy atom. The number of nitrogens with zero attached hydrogens (tertiary/aromatic N) is 1. The highest BCUT2D eigenvalue weighted by molar-refractivity contribution is 5.99. The lowest BCUT2D eigenvalue weighted by Gasteiger charge is -2.39. The number of amides is 3. The molecule has 3 rings (SSSR count). The van der Waals surface area contributed by atoms with E-state index in [4.69, 9.17) is 4.74 Å². The van der Waals surface area contributed by atoms with E-state index in [0.29, 0.717) is 29.2 Å². The SMILES string of the molecule is Cc1cc(C(C(=O)Nc2ccccc2C)N(C(=O)C(Cc2ccccc2)NC(=O)OC(C)(C)C)C(C)CCC(C)C)ccc1O. The molecule has 3 amide bonds. The van der Waals surface area contributed by atoms with E-state index in [1.54, 1.807) is 50.8 Å². The zero-order chi connectivity index (χ0) is 33.3. The van der Waals surface area contributed by atoms with E-state index in [-0.39, 0.29) is 18.2 Å². The Balaban J connectivity index is 2.16. The van der Waals surface area contributed by atoms with Crippen molar-refractivity contribution >= 4 is 23.6 Å². The Bertz CT molecular complexity index is 1450. The van der Waals surface area contributed by atoms with E-state index in [1.165, 1.54) is 0 Å². The second-order valence-electron chi connectivity index (χ2n) is 13.2. The number of benzene rings is 3. The maximum atomic E-state index is 14.9. The summed E-state index contributed by atoms with van der Waals surface area (Å²) in [5, 5.41) is 16.2. The van der Waals surface area contributed by atoms with Crippen LogP contribution in [0.15, 0.2) is 72.8 Å². The Kier molecular flexibility index (Phi) is 12.2. The lowest BCUT2D eigenvalue weighted by atomic mass is 9.95. The molecule has 0 radical (unpaired) electrons. The first kappa shape index (κ1) is 35.2. The summed E-state index contributed by atoms with van der Waals surface area (Å²) in [6.45, 7) is 15.1. The second kappa shape index (κ2) is 15.6. The lowest BCUT2D eigenvalue weighted by Crippen LogP contribution is -2.55. The third-order valence-corrected chi connectivity index (χ3v) is 7.63. The average molecular weight is 616 g/mol. The smallest absolute Gasteiger partial charge is 0.408 e. The minimum atomic E-state index is -1.06. The average Bonchev–Trinajstić information content (AvgIpc) is 2.96. The summed E-state index contributed by atoms with van der Waals surface area (Å²) in [7, 11) is 0. The van der Waals surface area contributed by atoms with Crippen LogP contribution in [0.5, 0.6) is 5.75 Å². The summed E-state index contributed by atoms with van der Waals surface area (Å²) in [5.41, 5.74) is 2.73. The molecule has 8 heteroatoms. The fraction of sp³-hybridized carbons (Fsp3) is 0.432. The van der Waals surface area contributed by atoms with Crippen molar-refractivity contribution in [2.45, 2.75) is 98.4 Å². The molecular formula is C37H49N3O5. The lowest BCUT2D eigenvalue weighted by molar-refractivity contribution is -0.143. The van der Waals surface area contributed by atoms with Crippen molar-refractivity contribution in [2.24, 2.45) is 5.92 Å². The normalized spacial score (nSPS) is 13.4. The molecule has 0 saturated carbocycles. The van der Waals surface area contributed by atoms with E-state index in [1.807, 2.05) is 68.4 Å². The zero-order valence-corrected chi connectivity index (χ0v) is 27.9. The van der Waals surface area contributed by atoms with Crippen LogP contribution in [0.2, 0.25) is 0 Å². The number of rotatable bonds is 12. The quantitative estimate of drug-likeness (QED) is 0.196. The molecule has 8 nitrogen and oxygen atoms in total. The van der Waals surface area contributed by atoms with Gasteiger partial charge in [-0.2, -0.15) is 0 Å². The van der Waals surface area contributed by atoms with Crippen molar-refractivity contribution in [3.05, 3.63) is 95.1 Å². The maximum absolute atomic E-state index is 14.9. The van der Waals surface area contributed by atoms with Crippen LogP contribution in [0.4, 0.5) is 10.5 Å². The highest BCUT2D eigenvalue weighted by atomic mass is 16.6. The number of aryl methyl sites for hydroxylation is 2. The molecule has 0 aliphatic heterocycles. The molecule has 0 saturated heterocycles. The summed E-state index contributed by atoms with van der Waals surface area (Å²) >= 11 is 0. The van der Waals surface area contributed by atoms with Crippen molar-refractivity contribution < 1.29 is 24.2 Å². The Labute approximate surface area is 268 Å². The van der Waals surface area contributed by atoms with Crippen LogP contribution in [0.1, 0.15) is 82.7 Å². The summed E-state index contributed by atoms with van der Waals surface area (Å²) in [5.74, 6) is -0.331. The topological polar surface area (TPSA) is 108 Å². The third kappa shape index (κ3) is 10.4. The van der Waals surface area contributed by atoms with Crippen molar-refractivity contribution in [3.63, 3.8) is 0 Å². The molecule has 3 N–H and O–H groups in total. The van der Waals surface area contributed by atoms with E-state index in [0.717, 1.165) is 17.5 Å². The standard InChI is InChI=1S/C37H49N3O5/c1-24(2)18-19-27(5)40(35(43)31(23-28-15-10-9-11-16-28)39-36(44)45-37(6,7)8)33(29-20-21-32(41)26(4)22-29)34(42)38-30-17-13-12-14-25(30)3/h9-17,20-22,24,27,31,33,41H,18-19,23H2,1-8H3,(H,38,42)(H,39,44). The molecule has 0 aliphatic carbocycles. The number of carbonyl (C=O) groups excluding carboxylic acids is 3. The number of aromatic hydroxyl groups is 1. The van der Waals surface area contributed by atoms with Crippen molar-refractivity contribution in [3.8, 4) is 5.75 Å². The summed E-state index contributed by atoms with van der Waals surface area (Å²) in [6, 6.07) is 19.4. The van der Waals surface area contributed by atoms with Gasteiger partial charge in [-0.25, -0.2) is 4.79 Å². The van der Waals surface area contributed by atoms with Crippen LogP contribution in [-0.4, -0.2) is 45.6 Å². The first-order valence-corrected chi connectivity index (χ1v) is 15.7. The fourth-order valence-corrected chi connectivity index (χ4v) is 5.19. The van der Waals surface area contributed by atoms with Gasteiger partial charge in [0.1, 0.15) is 23.4 Å². The largest absolute Gasteiger partial charge is 0.508 e. The first-order chi connectivity index (χ1) is 21.2. The number of para-hydroxylation sites is 1. The highest BCUT2D eigenvalue weighted by Crippen LogP contribution is 2.32. The summed E-state index contributed by atoms with van der Waals surface area (Å²) in [6.07, 6.45) is 0.953. The molecule has 3 aromatic carbocycles. The van der Waals surface area contributed by atoms with Gasteiger partial charge in [0.15, 0.2) is 0 Å². The predicted octanol–water partition coefficient (Wildman–Crippen LogP) is 7.48. The minimum absolute atomic E-state index is 0.0936. The minimum Gasteiger partial charge on any atom is -0.508 e. The van der Waals surface area contributed by atoms with Crippen molar-refractivity contribution in [1.29, 1.82) is 0 Å². The molecule has 0 heterocycles. The van der Waals surface area contributed by atoms with E-state index in [2.05, 4.69) is 24.5 Å². The molecule has 0 bridgehead atoms. The second-order valence-corrected chi connectivity index (χ2v) is 13.2. The Morgan fingerprint density at radius 3 is 2.11 bits per heavy atom. The van der Waals surface area contributed by atoms with E-state index < -0.39 is 35.6 Å². The molecule has 242 valence electrons. The molecule has 45 heavy (non-hydrogen) atoms. The fourth-order valence-electron chi connectivity index (χ4n) is 5.19. The zero-order valence-electron chi connectivity index (χ0n) is 27.9. The number of phenolic OH excluding ortho intramolecular Hbond substituents is 1. The summed E-state index contributed by atoms with van der Waals surface area (Å²) < 4.78 is 5.56. The van der Waals surface area contributed by atoms with Crippen LogP contribution in [0.3, 0.4) is 0 Å². The van der Waals surface area contributed by atoms with Gasteiger partial charge in [0.25, 0.3) is 5.91 Å². The highest BCUT2D eigenvalue weighted by Gasteiger charge is 2.39. The maximum Gasteiger partial charge on any atom is 0.408 e. The Hall–Kier alpha value is -4.33. The number of alkyl carbamates (subject to hydrolysis) is 1. The van der Waals surface area contributed by atoms with Gasteiger partial charge in [0, 0.05) is 18.2 Å². The third-order valence-electron chi connectivity index (χ3n) is 7.63. The number of hydrogen-bond acceptors (Lipinski definition) is 5. The van der Waals surface area contributed by atoms with Gasteiger partial charge in [-0.15, -0.1) is 0 Å². The van der Waals surface area contributed by atoms with Crippen LogP contribution >= 0.6 is 0 Å². The predicted molar refractivity (Wildman–Crippen MR) is 179 cm³/mol. The molecule has 3 atom stereocenters. The van der Waals surface area contributed by atoms with Gasteiger partial charge in [-0.05, 0) is 101 Å². The number of hydrogen-bond donors (Lipinski definition) is 3. The summed E-state index contributed by atoms with van der Waals surface area (Å²) in [4.78, 5) is 43.9. The van der Waals surface area contributed by atoms with Crippen LogP contribution < -0.4 is 10.6 Å². The number of nitrogens with one attached hydrogen (secondary N) is 2. The van der Waals surface area contributed by atoms with Gasteiger partial charge in [-0.1, -0.05) is 68.4 Å². The van der Waals surface area contributed by atoms with Crippen LogP contribution in [0, 0.1) is 19.8 Å². The van der Waals surface area contributed by atoms with Crippen LogP contribution in [-0.2, 0) is 20.7 Å². The molecule has 0 aliphatic rings. The van der Waals surface area contributed by atoms with Gasteiger partial charge >= 0.3 is 6.09 Å². The molecular weight excluding hydrogens is 566 g/mol. The molecule has 0 fully saturated rings. The molecule has 3 unspecified atom stereocenters. The van der Waals surface area contributed by atoms with E-state index >= 15 is 0 Å². The van der Waals surface area contributed by atoms with Gasteiger partial charge in [0.05, 0.1) is 0 Å². The van der Waals surface area contributed by atoms with Gasteiger partial charge in [0.2, 0.25) is 5.91 Å². The number of carbonyl (C=O) groups is 3. The monoisotopic (exact) mass is 615 g/mol. The number of anilines is 1. The first-order valence-electron chi connectivity index (χ1n) is 15.7. The number of ether oxygens (including phenoxy) is 1. The van der Waals surface area contributed by atoms with E-state index in [9.17, 15) is 19.5 Å². The molecule has 0 aromatic heterocycles.